The van der Waals surface area contributed by atoms with Crippen LogP contribution in [-0.4, -0.2) is 61.9 Å². The second kappa shape index (κ2) is 8.98. The zero-order valence-electron chi connectivity index (χ0n) is 15.5. The lowest BCUT2D eigenvalue weighted by Gasteiger charge is -2.33. The molecule has 0 aliphatic carbocycles. The number of aryl methyl sites for hydroxylation is 1. The van der Waals surface area contributed by atoms with Gasteiger partial charge in [-0.15, -0.1) is 5.10 Å². The summed E-state index contributed by atoms with van der Waals surface area (Å²) in [6, 6.07) is 7.33. The molecule has 1 fully saturated rings. The molecule has 1 amide bonds. The summed E-state index contributed by atoms with van der Waals surface area (Å²) in [7, 11) is 0. The molecular formula is C18H23N5O3S. The van der Waals surface area contributed by atoms with Gasteiger partial charge in [-0.05, 0) is 55.7 Å². The first-order chi connectivity index (χ1) is 13.1. The van der Waals surface area contributed by atoms with Gasteiger partial charge in [0.25, 0.3) is 0 Å². The Balaban J connectivity index is 1.66. The number of aromatic nitrogens is 4. The topological polar surface area (TPSA) is 90.2 Å². The lowest BCUT2D eigenvalue weighted by molar-refractivity contribution is -0.155. The third-order valence-electron chi connectivity index (χ3n) is 4.43. The monoisotopic (exact) mass is 389 g/mol. The molecule has 0 saturated carbocycles. The Hall–Kier alpha value is -2.42. The number of nitrogens with zero attached hydrogens (tertiary/aromatic N) is 5. The van der Waals surface area contributed by atoms with Gasteiger partial charge >= 0.3 is 5.97 Å². The standard InChI is InChI=1S/C18H23N5O3S/c1-3-26-17(25)15-6-4-5-11-22(15)16(24)12-27-18-19-20-21-23(18)14-9-7-13(2)8-10-14/h7-10,15H,3-6,11-12H2,1-2H3/t15-/m0/s1. The van der Waals surface area contributed by atoms with Crippen LogP contribution in [0.4, 0.5) is 0 Å². The number of esters is 1. The number of benzene rings is 1. The predicted octanol–water partition coefficient (Wildman–Crippen LogP) is 2.01. The van der Waals surface area contributed by atoms with Crippen molar-refractivity contribution in [3.63, 3.8) is 0 Å². The molecule has 1 saturated heterocycles. The number of tetrazole rings is 1. The minimum atomic E-state index is -0.486. The Kier molecular flexibility index (Phi) is 6.44. The number of amides is 1. The van der Waals surface area contributed by atoms with Crippen LogP contribution in [0.5, 0.6) is 0 Å². The van der Waals surface area contributed by atoms with E-state index in [1.54, 1.807) is 16.5 Å². The fourth-order valence-corrected chi connectivity index (χ4v) is 3.82. The van der Waals surface area contributed by atoms with Crippen LogP contribution in [0.3, 0.4) is 0 Å². The molecule has 0 radical (unpaired) electrons. The minimum Gasteiger partial charge on any atom is -0.464 e. The Labute approximate surface area is 162 Å². The minimum absolute atomic E-state index is 0.101. The Morgan fingerprint density at radius 1 is 1.26 bits per heavy atom. The van der Waals surface area contributed by atoms with Gasteiger partial charge in [0, 0.05) is 6.54 Å². The maximum absolute atomic E-state index is 12.7. The van der Waals surface area contributed by atoms with E-state index >= 15 is 0 Å². The number of thioether (sulfide) groups is 1. The van der Waals surface area contributed by atoms with Crippen molar-refractivity contribution >= 4 is 23.6 Å². The molecule has 2 aromatic rings. The number of rotatable bonds is 6. The number of ether oxygens (including phenoxy) is 1. The summed E-state index contributed by atoms with van der Waals surface area (Å²) in [5.41, 5.74) is 1.98. The highest BCUT2D eigenvalue weighted by Gasteiger charge is 2.33. The van der Waals surface area contributed by atoms with Crippen molar-refractivity contribution in [3.8, 4) is 5.69 Å². The van der Waals surface area contributed by atoms with Crippen LogP contribution < -0.4 is 0 Å². The molecular weight excluding hydrogens is 366 g/mol. The predicted molar refractivity (Wildman–Crippen MR) is 101 cm³/mol. The first-order valence-corrected chi connectivity index (χ1v) is 10.0. The molecule has 0 spiro atoms. The van der Waals surface area contributed by atoms with Gasteiger partial charge in [0.1, 0.15) is 6.04 Å². The second-order valence-electron chi connectivity index (χ2n) is 6.35. The van der Waals surface area contributed by atoms with Crippen LogP contribution >= 0.6 is 11.8 Å². The molecule has 1 aliphatic rings. The van der Waals surface area contributed by atoms with Gasteiger partial charge in [-0.2, -0.15) is 4.68 Å². The molecule has 1 atom stereocenters. The first-order valence-electron chi connectivity index (χ1n) is 9.04. The third-order valence-corrected chi connectivity index (χ3v) is 5.33. The highest BCUT2D eigenvalue weighted by molar-refractivity contribution is 7.99. The van der Waals surface area contributed by atoms with Crippen molar-refractivity contribution in [1.29, 1.82) is 0 Å². The summed E-state index contributed by atoms with van der Waals surface area (Å²) in [6.07, 6.45) is 2.47. The van der Waals surface area contributed by atoms with Crippen LogP contribution in [0.1, 0.15) is 31.7 Å². The molecule has 144 valence electrons. The van der Waals surface area contributed by atoms with Crippen molar-refractivity contribution in [1.82, 2.24) is 25.1 Å². The fraction of sp³-hybridized carbons (Fsp3) is 0.500. The molecule has 8 nitrogen and oxygen atoms in total. The van der Waals surface area contributed by atoms with E-state index in [1.165, 1.54) is 11.8 Å². The van der Waals surface area contributed by atoms with Crippen LogP contribution in [0, 0.1) is 6.92 Å². The van der Waals surface area contributed by atoms with Gasteiger partial charge in [0.15, 0.2) is 0 Å². The number of piperidine rings is 1. The zero-order chi connectivity index (χ0) is 19.2. The average molecular weight is 389 g/mol. The fourth-order valence-electron chi connectivity index (χ4n) is 3.04. The van der Waals surface area contributed by atoms with Crippen molar-refractivity contribution in [3.05, 3.63) is 29.8 Å². The van der Waals surface area contributed by atoms with Crippen molar-refractivity contribution in [2.24, 2.45) is 0 Å². The van der Waals surface area contributed by atoms with Gasteiger partial charge in [-0.1, -0.05) is 29.5 Å². The molecule has 1 aromatic heterocycles. The normalized spacial score (nSPS) is 17.0. The van der Waals surface area contributed by atoms with E-state index in [1.807, 2.05) is 31.2 Å². The van der Waals surface area contributed by atoms with Gasteiger partial charge in [-0.25, -0.2) is 4.79 Å². The summed E-state index contributed by atoms with van der Waals surface area (Å²) in [6.45, 7) is 4.67. The molecule has 3 rings (SSSR count). The first kappa shape index (κ1) is 19.3. The van der Waals surface area contributed by atoms with Gasteiger partial charge in [0.2, 0.25) is 11.1 Å². The molecule has 9 heteroatoms. The summed E-state index contributed by atoms with van der Waals surface area (Å²) in [4.78, 5) is 26.5. The Morgan fingerprint density at radius 3 is 2.78 bits per heavy atom. The van der Waals surface area contributed by atoms with Crippen molar-refractivity contribution in [2.75, 3.05) is 18.9 Å². The van der Waals surface area contributed by atoms with Crippen LogP contribution in [-0.2, 0) is 14.3 Å². The second-order valence-corrected chi connectivity index (χ2v) is 7.29. The van der Waals surface area contributed by atoms with Gasteiger partial charge in [-0.3, -0.25) is 4.79 Å². The molecule has 1 aliphatic heterocycles. The maximum atomic E-state index is 12.7. The van der Waals surface area contributed by atoms with Crippen LogP contribution in [0.15, 0.2) is 29.4 Å². The highest BCUT2D eigenvalue weighted by Crippen LogP contribution is 2.23. The Bertz CT molecular complexity index is 793. The van der Waals surface area contributed by atoms with Crippen LogP contribution in [0.2, 0.25) is 0 Å². The van der Waals surface area contributed by atoms with Crippen molar-refractivity contribution < 1.29 is 14.3 Å². The number of likely N-dealkylation sites (tertiary alicyclic amines) is 1. The molecule has 0 bridgehead atoms. The van der Waals surface area contributed by atoms with E-state index < -0.39 is 6.04 Å². The van der Waals surface area contributed by atoms with Crippen molar-refractivity contribution in [2.45, 2.75) is 44.3 Å². The molecule has 1 aromatic carbocycles. The zero-order valence-corrected chi connectivity index (χ0v) is 16.3. The number of hydrogen-bond donors (Lipinski definition) is 0. The molecule has 0 unspecified atom stereocenters. The van der Waals surface area contributed by atoms with Gasteiger partial charge < -0.3 is 9.64 Å². The quantitative estimate of drug-likeness (QED) is 0.551. The number of carbonyl (C=O) groups excluding carboxylic acids is 2. The highest BCUT2D eigenvalue weighted by atomic mass is 32.2. The van der Waals surface area contributed by atoms with E-state index in [-0.39, 0.29) is 17.6 Å². The van der Waals surface area contributed by atoms with E-state index in [2.05, 4.69) is 15.5 Å². The molecule has 2 heterocycles. The summed E-state index contributed by atoms with van der Waals surface area (Å²) < 4.78 is 6.73. The maximum Gasteiger partial charge on any atom is 0.328 e. The lowest BCUT2D eigenvalue weighted by Crippen LogP contribution is -2.49. The summed E-state index contributed by atoms with van der Waals surface area (Å²) >= 11 is 1.27. The molecule has 0 N–H and O–H groups in total. The lowest BCUT2D eigenvalue weighted by atomic mass is 10.0. The summed E-state index contributed by atoms with van der Waals surface area (Å²) in [5.74, 6) is -0.251. The number of carbonyl (C=O) groups is 2. The molecule has 27 heavy (non-hydrogen) atoms. The summed E-state index contributed by atoms with van der Waals surface area (Å²) in [5, 5.41) is 12.3. The smallest absolute Gasteiger partial charge is 0.328 e. The van der Waals surface area contributed by atoms with E-state index in [4.69, 9.17) is 4.74 Å². The Morgan fingerprint density at radius 2 is 2.04 bits per heavy atom. The van der Waals surface area contributed by atoms with Gasteiger partial charge in [0.05, 0.1) is 18.0 Å². The number of hydrogen-bond acceptors (Lipinski definition) is 7. The third kappa shape index (κ3) is 4.65. The average Bonchev–Trinajstić information content (AvgIpc) is 3.15. The van der Waals surface area contributed by atoms with E-state index in [0.29, 0.717) is 24.7 Å². The van der Waals surface area contributed by atoms with E-state index in [0.717, 1.165) is 24.1 Å². The van der Waals surface area contributed by atoms with E-state index in [9.17, 15) is 9.59 Å². The van der Waals surface area contributed by atoms with Crippen LogP contribution in [0.25, 0.3) is 5.69 Å². The largest absolute Gasteiger partial charge is 0.464 e. The SMILES string of the molecule is CCOC(=O)[C@@H]1CCCCN1C(=O)CSc1nnnn1-c1ccc(C)cc1.